The molecule has 0 aromatic heterocycles. The Balaban J connectivity index is 0.000000209. The summed E-state index contributed by atoms with van der Waals surface area (Å²) in [6.07, 6.45) is 0. The number of anilines is 1. The lowest BCUT2D eigenvalue weighted by molar-refractivity contribution is 0.795. The van der Waals surface area contributed by atoms with Gasteiger partial charge in [-0.3, -0.25) is 5.41 Å². The fourth-order valence-corrected chi connectivity index (χ4v) is 9.21. The number of nitrogens with one attached hydrogen (secondary N) is 1. The minimum Gasteiger partial charge on any atom is -0.398 e. The topological polar surface area (TPSA) is 49.9 Å². The number of nitrogens with two attached hydrogens (primary N) is 1. The van der Waals surface area contributed by atoms with Crippen LogP contribution < -0.4 is 5.73 Å². The molecule has 0 aliphatic heterocycles. The van der Waals surface area contributed by atoms with Crippen molar-refractivity contribution in [2.24, 2.45) is 0 Å². The largest absolute Gasteiger partial charge is 0.398 e. The molecule has 9 aromatic carbocycles. The average Bonchev–Trinajstić information content (AvgIpc) is 3.72. The first-order valence-electron chi connectivity index (χ1n) is 18.9. The van der Waals surface area contributed by atoms with Gasteiger partial charge in [0.1, 0.15) is 0 Å². The first kappa shape index (κ1) is 32.6. The number of rotatable bonds is 3. The van der Waals surface area contributed by atoms with Crippen LogP contribution in [0.2, 0.25) is 0 Å². The summed E-state index contributed by atoms with van der Waals surface area (Å²) >= 11 is 0. The molecule has 2 nitrogen and oxygen atoms in total. The molecular formula is C53H38N2. The fraction of sp³-hybridized carbons (Fsp3) is 0.0377. The Morgan fingerprint density at radius 2 is 1.02 bits per heavy atom. The Bertz CT molecular complexity index is 2910. The van der Waals surface area contributed by atoms with Crippen molar-refractivity contribution < 1.29 is 0 Å². The predicted octanol–water partition coefficient (Wildman–Crippen LogP) is 13.0. The highest BCUT2D eigenvalue weighted by Crippen LogP contribution is 2.65. The highest BCUT2D eigenvalue weighted by atomic mass is 14.6. The van der Waals surface area contributed by atoms with Gasteiger partial charge in [-0.25, -0.2) is 0 Å². The van der Waals surface area contributed by atoms with E-state index in [9.17, 15) is 0 Å². The normalized spacial score (nSPS) is 12.7. The van der Waals surface area contributed by atoms with Crippen molar-refractivity contribution in [3.63, 3.8) is 0 Å². The number of fused-ring (bicyclic) bond motifs is 14. The van der Waals surface area contributed by atoms with Crippen molar-refractivity contribution in [1.29, 1.82) is 5.41 Å². The molecule has 0 bridgehead atoms. The number of benzene rings is 9. The van der Waals surface area contributed by atoms with E-state index in [4.69, 9.17) is 11.1 Å². The molecule has 0 amide bonds. The van der Waals surface area contributed by atoms with E-state index in [1.54, 1.807) is 0 Å². The Hall–Kier alpha value is -7.03. The highest BCUT2D eigenvalue weighted by Gasteiger charge is 2.52. The van der Waals surface area contributed by atoms with Crippen molar-refractivity contribution in [3.05, 3.63) is 233 Å². The second kappa shape index (κ2) is 12.8. The Morgan fingerprint density at radius 3 is 1.73 bits per heavy atom. The first-order chi connectivity index (χ1) is 27.1. The van der Waals surface area contributed by atoms with E-state index in [0.717, 1.165) is 11.1 Å². The Labute approximate surface area is 321 Å². The first-order valence-corrected chi connectivity index (χ1v) is 18.9. The van der Waals surface area contributed by atoms with Gasteiger partial charge in [-0.1, -0.05) is 188 Å². The second-order valence-electron chi connectivity index (χ2n) is 14.6. The summed E-state index contributed by atoms with van der Waals surface area (Å²) < 4.78 is 0. The summed E-state index contributed by atoms with van der Waals surface area (Å²) in [6, 6.07) is 69.4. The van der Waals surface area contributed by atoms with Crippen LogP contribution in [0.1, 0.15) is 38.9 Å². The monoisotopic (exact) mass is 702 g/mol. The van der Waals surface area contributed by atoms with Crippen molar-refractivity contribution in [3.8, 4) is 33.4 Å². The smallest absolute Gasteiger partial charge is 0.0726 e. The van der Waals surface area contributed by atoms with Crippen LogP contribution in [-0.2, 0) is 5.41 Å². The van der Waals surface area contributed by atoms with Crippen molar-refractivity contribution in [2.45, 2.75) is 12.3 Å². The van der Waals surface area contributed by atoms with Crippen molar-refractivity contribution >= 4 is 32.9 Å². The van der Waals surface area contributed by atoms with E-state index in [2.05, 4.69) is 146 Å². The summed E-state index contributed by atoms with van der Waals surface area (Å²) in [7, 11) is 0. The average molecular weight is 703 g/mol. The lowest BCUT2D eigenvalue weighted by Gasteiger charge is -2.31. The maximum atomic E-state index is 8.03. The lowest BCUT2D eigenvalue weighted by Crippen LogP contribution is -2.26. The maximum Gasteiger partial charge on any atom is 0.0726 e. The van der Waals surface area contributed by atoms with Gasteiger partial charge in [0.15, 0.2) is 0 Å². The van der Waals surface area contributed by atoms with Gasteiger partial charge in [-0.05, 0) is 96.2 Å². The van der Waals surface area contributed by atoms with E-state index in [1.165, 1.54) is 82.7 Å². The standard InChI is InChI=1S/C40H26.C13H12N2/c1-25-18-20-27(21-19-25)33-24-37-39(32-15-5-4-12-29(32)33)38-28-11-3-2-10-26(28)22-23-36(38)40(37)34-16-8-6-13-30(34)31-14-7-9-17-35(31)40;14-12-9-5-4-8-11(12)13(15)10-6-2-1-3-7-10/h2-24H,1H3;1-9,15H,14H2. The molecule has 9 aromatic rings. The molecule has 2 aliphatic carbocycles. The molecule has 260 valence electrons. The van der Waals surface area contributed by atoms with Crippen LogP contribution in [0.15, 0.2) is 194 Å². The van der Waals surface area contributed by atoms with Gasteiger partial charge in [-0.15, -0.1) is 0 Å². The van der Waals surface area contributed by atoms with Crippen LogP contribution in [0.5, 0.6) is 0 Å². The van der Waals surface area contributed by atoms with Gasteiger partial charge >= 0.3 is 0 Å². The minimum atomic E-state index is -0.370. The number of nitrogen functional groups attached to an aromatic ring is 1. The molecule has 11 rings (SSSR count). The number of para-hydroxylation sites is 1. The SMILES string of the molecule is Cc1ccc(-c2cc3c(c4ccccc24)-c2c(ccc4ccccc24)C32c3ccccc3-c3ccccc32)cc1.N=C(c1ccccc1)c1ccccc1N. The molecule has 0 fully saturated rings. The van der Waals surface area contributed by atoms with Crippen LogP contribution in [0.3, 0.4) is 0 Å². The van der Waals surface area contributed by atoms with Crippen LogP contribution in [-0.4, -0.2) is 5.71 Å². The molecule has 3 N–H and O–H groups in total. The number of hydrogen-bond acceptors (Lipinski definition) is 2. The zero-order valence-electron chi connectivity index (χ0n) is 30.6. The Kier molecular flexibility index (Phi) is 7.60. The van der Waals surface area contributed by atoms with Gasteiger partial charge in [-0.2, -0.15) is 0 Å². The molecule has 2 aliphatic rings. The summed E-state index contributed by atoms with van der Waals surface area (Å²) in [4.78, 5) is 0. The third kappa shape index (κ3) is 4.92. The molecule has 0 atom stereocenters. The highest BCUT2D eigenvalue weighted by molar-refractivity contribution is 6.16. The summed E-state index contributed by atoms with van der Waals surface area (Å²) in [6.45, 7) is 2.16. The van der Waals surface area contributed by atoms with E-state index in [0.29, 0.717) is 11.4 Å². The fourth-order valence-electron chi connectivity index (χ4n) is 9.21. The molecule has 0 saturated heterocycles. The summed E-state index contributed by atoms with van der Waals surface area (Å²) in [5.41, 5.74) is 23.1. The van der Waals surface area contributed by atoms with Gasteiger partial charge in [0.2, 0.25) is 0 Å². The molecular weight excluding hydrogens is 665 g/mol. The van der Waals surface area contributed by atoms with E-state index >= 15 is 0 Å². The number of hydrogen-bond donors (Lipinski definition) is 2. The van der Waals surface area contributed by atoms with Crippen LogP contribution in [0.25, 0.3) is 54.9 Å². The molecule has 0 heterocycles. The molecule has 1 spiro atoms. The van der Waals surface area contributed by atoms with E-state index in [-0.39, 0.29) is 5.41 Å². The van der Waals surface area contributed by atoms with Crippen molar-refractivity contribution in [1.82, 2.24) is 0 Å². The van der Waals surface area contributed by atoms with Gasteiger partial charge < -0.3 is 5.73 Å². The summed E-state index contributed by atoms with van der Waals surface area (Å²) in [5.74, 6) is 0. The van der Waals surface area contributed by atoms with Gasteiger partial charge in [0, 0.05) is 16.8 Å². The molecule has 2 heteroatoms. The third-order valence-electron chi connectivity index (χ3n) is 11.6. The van der Waals surface area contributed by atoms with Gasteiger partial charge in [0.25, 0.3) is 0 Å². The zero-order valence-corrected chi connectivity index (χ0v) is 30.6. The van der Waals surface area contributed by atoms with Crippen LogP contribution in [0.4, 0.5) is 5.69 Å². The zero-order chi connectivity index (χ0) is 37.1. The predicted molar refractivity (Wildman–Crippen MR) is 231 cm³/mol. The Morgan fingerprint density at radius 1 is 0.455 bits per heavy atom. The summed E-state index contributed by atoms with van der Waals surface area (Å²) in [5, 5.41) is 13.3. The van der Waals surface area contributed by atoms with Gasteiger partial charge in [0.05, 0.1) is 11.1 Å². The van der Waals surface area contributed by atoms with E-state index in [1.807, 2.05) is 54.6 Å². The van der Waals surface area contributed by atoms with Crippen LogP contribution in [0, 0.1) is 12.3 Å². The van der Waals surface area contributed by atoms with Crippen molar-refractivity contribution in [2.75, 3.05) is 5.73 Å². The number of aryl methyl sites for hydroxylation is 1. The minimum absolute atomic E-state index is 0.370. The quantitative estimate of drug-likeness (QED) is 0.140. The lowest BCUT2D eigenvalue weighted by atomic mass is 9.70. The van der Waals surface area contributed by atoms with E-state index < -0.39 is 0 Å². The molecule has 0 radical (unpaired) electrons. The third-order valence-corrected chi connectivity index (χ3v) is 11.6. The second-order valence-corrected chi connectivity index (χ2v) is 14.6. The maximum absolute atomic E-state index is 8.03. The van der Waals surface area contributed by atoms with Crippen LogP contribution >= 0.6 is 0 Å². The molecule has 55 heavy (non-hydrogen) atoms. The molecule has 0 saturated carbocycles. The molecule has 0 unspecified atom stereocenters.